The molecule has 158 valence electrons. The molecule has 2 aromatic heterocycles. The molecule has 0 saturated carbocycles. The number of amides is 1. The van der Waals surface area contributed by atoms with Gasteiger partial charge in [-0.3, -0.25) is 9.69 Å². The normalized spacial score (nSPS) is 11.0. The average molecular weight is 432 g/mol. The van der Waals surface area contributed by atoms with Crippen molar-refractivity contribution in [3.05, 3.63) is 106 Å². The van der Waals surface area contributed by atoms with E-state index in [2.05, 4.69) is 34.5 Å². The predicted molar refractivity (Wildman–Crippen MR) is 124 cm³/mol. The first-order chi connectivity index (χ1) is 15.2. The summed E-state index contributed by atoms with van der Waals surface area (Å²) in [6, 6.07) is 22.0. The first-order valence-corrected chi connectivity index (χ1v) is 11.1. The largest absolute Gasteiger partial charge is 0.468 e. The van der Waals surface area contributed by atoms with Crippen LogP contribution in [0, 0.1) is 6.92 Å². The molecule has 5 nitrogen and oxygen atoms in total. The van der Waals surface area contributed by atoms with Gasteiger partial charge in [0.15, 0.2) is 0 Å². The number of nitrogens with zero attached hydrogens (tertiary/aromatic N) is 2. The summed E-state index contributed by atoms with van der Waals surface area (Å²) < 4.78 is 5.55. The van der Waals surface area contributed by atoms with Crippen molar-refractivity contribution >= 4 is 22.9 Å². The number of anilines is 1. The molecule has 0 aliphatic rings. The third-order valence-electron chi connectivity index (χ3n) is 4.92. The number of nitrogens with one attached hydrogen (secondary N) is 1. The molecule has 2 aromatic carbocycles. The molecule has 0 bridgehead atoms. The Kier molecular flexibility index (Phi) is 6.92. The molecular weight excluding hydrogens is 406 g/mol. The topological polar surface area (TPSA) is 58.4 Å². The zero-order chi connectivity index (χ0) is 21.5. The first-order valence-electron chi connectivity index (χ1n) is 10.2. The lowest BCUT2D eigenvalue weighted by molar-refractivity contribution is -0.115. The van der Waals surface area contributed by atoms with Gasteiger partial charge in [-0.1, -0.05) is 48.5 Å². The second-order valence-corrected chi connectivity index (χ2v) is 8.43. The second kappa shape index (κ2) is 10.2. The molecule has 1 N–H and O–H groups in total. The molecule has 0 fully saturated rings. The van der Waals surface area contributed by atoms with Gasteiger partial charge in [-0.15, -0.1) is 11.3 Å². The van der Waals surface area contributed by atoms with Gasteiger partial charge < -0.3 is 9.73 Å². The van der Waals surface area contributed by atoms with Crippen molar-refractivity contribution in [2.75, 3.05) is 5.32 Å². The van der Waals surface area contributed by atoms with E-state index < -0.39 is 0 Å². The number of aryl methyl sites for hydroxylation is 1. The first kappa shape index (κ1) is 21.0. The zero-order valence-corrected chi connectivity index (χ0v) is 18.3. The second-order valence-electron chi connectivity index (χ2n) is 7.48. The van der Waals surface area contributed by atoms with Gasteiger partial charge in [0.2, 0.25) is 5.91 Å². The molecule has 31 heavy (non-hydrogen) atoms. The average Bonchev–Trinajstić information content (AvgIpc) is 3.43. The van der Waals surface area contributed by atoms with Crippen molar-refractivity contribution in [2.24, 2.45) is 0 Å². The number of carbonyl (C=O) groups excluding carboxylic acids is 1. The Morgan fingerprint density at radius 3 is 2.58 bits per heavy atom. The molecule has 0 aliphatic heterocycles. The highest BCUT2D eigenvalue weighted by Gasteiger charge is 2.14. The van der Waals surface area contributed by atoms with Gasteiger partial charge in [-0.25, -0.2) is 4.98 Å². The van der Waals surface area contributed by atoms with Gasteiger partial charge >= 0.3 is 0 Å². The fourth-order valence-electron chi connectivity index (χ4n) is 3.41. The standard InChI is InChI=1S/C25H25N3O2S/c1-19-8-5-6-12-23(19)27-24(29)14-25-26-21(18-31-25)16-28(17-22-11-7-13-30-22)15-20-9-3-2-4-10-20/h2-13,18H,14-17H2,1H3,(H,27,29). The Morgan fingerprint density at radius 2 is 1.81 bits per heavy atom. The highest BCUT2D eigenvalue weighted by Crippen LogP contribution is 2.18. The van der Waals surface area contributed by atoms with Crippen molar-refractivity contribution in [3.63, 3.8) is 0 Å². The number of hydrogen-bond donors (Lipinski definition) is 1. The lowest BCUT2D eigenvalue weighted by atomic mass is 10.2. The number of furan rings is 1. The SMILES string of the molecule is Cc1ccccc1NC(=O)Cc1nc(CN(Cc2ccccc2)Cc2ccco2)cs1. The quantitative estimate of drug-likeness (QED) is 0.384. The van der Waals surface area contributed by atoms with Gasteiger partial charge in [-0.2, -0.15) is 0 Å². The number of carbonyl (C=O) groups is 1. The van der Waals surface area contributed by atoms with Gasteiger partial charge in [0, 0.05) is 24.2 Å². The number of rotatable bonds is 9. The van der Waals surface area contributed by atoms with Crippen LogP contribution in [-0.2, 0) is 30.8 Å². The summed E-state index contributed by atoms with van der Waals surface area (Å²) in [6.45, 7) is 4.16. The number of thiazole rings is 1. The lowest BCUT2D eigenvalue weighted by Gasteiger charge is -2.20. The molecule has 2 heterocycles. The van der Waals surface area contributed by atoms with Crippen molar-refractivity contribution in [1.29, 1.82) is 0 Å². The molecule has 6 heteroatoms. The Labute approximate surface area is 186 Å². The summed E-state index contributed by atoms with van der Waals surface area (Å²) in [7, 11) is 0. The summed E-state index contributed by atoms with van der Waals surface area (Å²) in [5.74, 6) is 0.871. The van der Waals surface area contributed by atoms with E-state index in [0.29, 0.717) is 13.1 Å². The van der Waals surface area contributed by atoms with Crippen LogP contribution in [0.2, 0.25) is 0 Å². The fourth-order valence-corrected chi connectivity index (χ4v) is 4.19. The maximum atomic E-state index is 12.5. The summed E-state index contributed by atoms with van der Waals surface area (Å²) in [6.07, 6.45) is 1.97. The van der Waals surface area contributed by atoms with Crippen LogP contribution >= 0.6 is 11.3 Å². The van der Waals surface area contributed by atoms with E-state index in [9.17, 15) is 4.79 Å². The molecule has 4 rings (SSSR count). The number of hydrogen-bond acceptors (Lipinski definition) is 5. The molecule has 0 saturated heterocycles. The molecular formula is C25H25N3O2S. The van der Waals surface area contributed by atoms with Crippen LogP contribution < -0.4 is 5.32 Å². The Hall–Kier alpha value is -3.22. The Bertz CT molecular complexity index is 1110. The van der Waals surface area contributed by atoms with Crippen molar-refractivity contribution < 1.29 is 9.21 Å². The maximum Gasteiger partial charge on any atom is 0.231 e. The van der Waals surface area contributed by atoms with E-state index in [0.717, 1.165) is 34.3 Å². The van der Waals surface area contributed by atoms with Crippen LogP contribution in [0.15, 0.2) is 82.8 Å². The van der Waals surface area contributed by atoms with E-state index in [1.165, 1.54) is 16.9 Å². The summed E-state index contributed by atoms with van der Waals surface area (Å²) in [4.78, 5) is 19.5. The highest BCUT2D eigenvalue weighted by molar-refractivity contribution is 7.09. The molecule has 0 aliphatic carbocycles. The van der Waals surface area contributed by atoms with Gasteiger partial charge in [0.25, 0.3) is 0 Å². The van der Waals surface area contributed by atoms with Gasteiger partial charge in [0.05, 0.1) is 24.9 Å². The fraction of sp³-hybridized carbons (Fsp3) is 0.200. The van der Waals surface area contributed by atoms with Crippen molar-refractivity contribution in [2.45, 2.75) is 33.0 Å². The monoisotopic (exact) mass is 431 g/mol. The minimum Gasteiger partial charge on any atom is -0.468 e. The molecule has 1 amide bonds. The van der Waals surface area contributed by atoms with Gasteiger partial charge in [0.1, 0.15) is 10.8 Å². The minimum atomic E-state index is -0.0491. The van der Waals surface area contributed by atoms with E-state index in [4.69, 9.17) is 9.40 Å². The lowest BCUT2D eigenvalue weighted by Crippen LogP contribution is -2.22. The van der Waals surface area contributed by atoms with Crippen LogP contribution in [0.4, 0.5) is 5.69 Å². The smallest absolute Gasteiger partial charge is 0.231 e. The summed E-state index contributed by atoms with van der Waals surface area (Å²) in [5, 5.41) is 5.83. The van der Waals surface area contributed by atoms with Crippen LogP contribution in [0.25, 0.3) is 0 Å². The molecule has 0 unspecified atom stereocenters. The molecule has 0 radical (unpaired) electrons. The van der Waals surface area contributed by atoms with Crippen molar-refractivity contribution in [1.82, 2.24) is 9.88 Å². The minimum absolute atomic E-state index is 0.0491. The summed E-state index contributed by atoms with van der Waals surface area (Å²) >= 11 is 1.53. The van der Waals surface area contributed by atoms with Crippen LogP contribution in [0.1, 0.15) is 27.6 Å². The number of para-hydroxylation sites is 1. The maximum absolute atomic E-state index is 12.5. The van der Waals surface area contributed by atoms with E-state index in [1.807, 2.05) is 54.8 Å². The Morgan fingerprint density at radius 1 is 1.00 bits per heavy atom. The third-order valence-corrected chi connectivity index (χ3v) is 5.82. The molecule has 0 atom stereocenters. The van der Waals surface area contributed by atoms with Crippen molar-refractivity contribution in [3.8, 4) is 0 Å². The number of benzene rings is 2. The predicted octanol–water partition coefficient (Wildman–Crippen LogP) is 5.43. The Balaban J connectivity index is 1.39. The highest BCUT2D eigenvalue weighted by atomic mass is 32.1. The third kappa shape index (κ3) is 6.13. The number of aromatic nitrogens is 1. The van der Waals surface area contributed by atoms with E-state index >= 15 is 0 Å². The molecule has 0 spiro atoms. The van der Waals surface area contributed by atoms with Crippen LogP contribution in [0.5, 0.6) is 0 Å². The van der Waals surface area contributed by atoms with E-state index in [1.54, 1.807) is 6.26 Å². The zero-order valence-electron chi connectivity index (χ0n) is 17.5. The summed E-state index contributed by atoms with van der Waals surface area (Å²) in [5.41, 5.74) is 4.09. The van der Waals surface area contributed by atoms with Crippen LogP contribution in [0.3, 0.4) is 0 Å². The molecule has 4 aromatic rings. The van der Waals surface area contributed by atoms with Gasteiger partial charge in [-0.05, 0) is 36.2 Å². The van der Waals surface area contributed by atoms with E-state index in [-0.39, 0.29) is 12.3 Å². The van der Waals surface area contributed by atoms with Crippen LogP contribution in [-0.4, -0.2) is 15.8 Å².